The van der Waals surface area contributed by atoms with Gasteiger partial charge in [0.05, 0.1) is 5.92 Å². The van der Waals surface area contributed by atoms with Gasteiger partial charge in [-0.1, -0.05) is 24.3 Å². The molecule has 1 atom stereocenters. The molecule has 0 radical (unpaired) electrons. The van der Waals surface area contributed by atoms with Crippen LogP contribution >= 0.6 is 0 Å². The van der Waals surface area contributed by atoms with E-state index in [-0.39, 0.29) is 24.0 Å². The zero-order valence-corrected chi connectivity index (χ0v) is 11.8. The van der Waals surface area contributed by atoms with Gasteiger partial charge in [0, 0.05) is 12.1 Å². The number of aliphatic hydroxyl groups excluding tert-OH is 1. The molecule has 2 rings (SSSR count). The molecule has 0 fully saturated rings. The van der Waals surface area contributed by atoms with Crippen molar-refractivity contribution in [2.24, 2.45) is 0 Å². The molecule has 1 aliphatic carbocycles. The van der Waals surface area contributed by atoms with E-state index in [1.54, 1.807) is 0 Å². The van der Waals surface area contributed by atoms with Crippen molar-refractivity contribution in [2.75, 3.05) is 6.61 Å². The molecule has 3 nitrogen and oxygen atoms in total. The van der Waals surface area contributed by atoms with Crippen molar-refractivity contribution in [2.45, 2.75) is 51.0 Å². The van der Waals surface area contributed by atoms with Crippen molar-refractivity contribution >= 4 is 5.91 Å². The summed E-state index contributed by atoms with van der Waals surface area (Å²) in [6.07, 6.45) is 3.63. The van der Waals surface area contributed by atoms with E-state index in [1.807, 2.05) is 26.0 Å². The first-order valence-electron chi connectivity index (χ1n) is 7.04. The van der Waals surface area contributed by atoms with Crippen LogP contribution in [-0.4, -0.2) is 23.2 Å². The first-order valence-corrected chi connectivity index (χ1v) is 7.04. The molecule has 0 saturated heterocycles. The zero-order valence-electron chi connectivity index (χ0n) is 11.8. The average Bonchev–Trinajstić information content (AvgIpc) is 2.37. The predicted octanol–water partition coefficient (Wildman–Crippen LogP) is 2.38. The summed E-state index contributed by atoms with van der Waals surface area (Å²) in [4.78, 5) is 12.5. The molecule has 1 aromatic carbocycles. The predicted molar refractivity (Wildman–Crippen MR) is 76.0 cm³/mol. The number of nitrogens with one attached hydrogen (secondary N) is 1. The van der Waals surface area contributed by atoms with Crippen molar-refractivity contribution < 1.29 is 9.90 Å². The Hall–Kier alpha value is -1.35. The van der Waals surface area contributed by atoms with Crippen LogP contribution in [0.2, 0.25) is 0 Å². The number of amides is 1. The van der Waals surface area contributed by atoms with Crippen LogP contribution in [0.1, 0.15) is 50.2 Å². The van der Waals surface area contributed by atoms with Crippen LogP contribution in [0.5, 0.6) is 0 Å². The number of carbonyl (C=O) groups excluding carboxylic acids is 1. The fourth-order valence-corrected chi connectivity index (χ4v) is 2.79. The molecule has 104 valence electrons. The van der Waals surface area contributed by atoms with E-state index < -0.39 is 0 Å². The van der Waals surface area contributed by atoms with E-state index in [4.69, 9.17) is 5.11 Å². The number of aliphatic hydroxyl groups is 1. The molecule has 2 N–H and O–H groups in total. The monoisotopic (exact) mass is 261 g/mol. The van der Waals surface area contributed by atoms with Gasteiger partial charge in [-0.25, -0.2) is 0 Å². The second-order valence-corrected chi connectivity index (χ2v) is 5.99. The van der Waals surface area contributed by atoms with Gasteiger partial charge in [0.1, 0.15) is 0 Å². The molecular weight excluding hydrogens is 238 g/mol. The third-order valence-electron chi connectivity index (χ3n) is 3.88. The van der Waals surface area contributed by atoms with Gasteiger partial charge >= 0.3 is 0 Å². The second-order valence-electron chi connectivity index (χ2n) is 5.99. The highest BCUT2D eigenvalue weighted by Gasteiger charge is 2.29. The van der Waals surface area contributed by atoms with Gasteiger partial charge in [-0.3, -0.25) is 4.79 Å². The van der Waals surface area contributed by atoms with E-state index in [2.05, 4.69) is 17.4 Å². The zero-order chi connectivity index (χ0) is 13.9. The summed E-state index contributed by atoms with van der Waals surface area (Å²) in [5, 5.41) is 12.1. The molecule has 19 heavy (non-hydrogen) atoms. The minimum absolute atomic E-state index is 0.0390. The van der Waals surface area contributed by atoms with Gasteiger partial charge in [0.25, 0.3) is 0 Å². The average molecular weight is 261 g/mol. The summed E-state index contributed by atoms with van der Waals surface area (Å²) in [5.74, 6) is 0.0496. The van der Waals surface area contributed by atoms with E-state index >= 15 is 0 Å². The third kappa shape index (κ3) is 3.35. The van der Waals surface area contributed by atoms with Crippen LogP contribution in [0.3, 0.4) is 0 Å². The molecule has 0 heterocycles. The second kappa shape index (κ2) is 5.74. The van der Waals surface area contributed by atoms with Crippen LogP contribution in [0.15, 0.2) is 24.3 Å². The topological polar surface area (TPSA) is 49.3 Å². The number of rotatable bonds is 4. The number of hydrogen-bond donors (Lipinski definition) is 2. The van der Waals surface area contributed by atoms with Crippen molar-refractivity contribution in [1.82, 2.24) is 5.32 Å². The quantitative estimate of drug-likeness (QED) is 0.874. The molecule has 1 amide bonds. The molecular formula is C16H23NO2. The highest BCUT2D eigenvalue weighted by molar-refractivity contribution is 5.84. The Morgan fingerprint density at radius 1 is 1.42 bits per heavy atom. The largest absolute Gasteiger partial charge is 0.396 e. The van der Waals surface area contributed by atoms with Crippen LogP contribution < -0.4 is 5.32 Å². The summed E-state index contributed by atoms with van der Waals surface area (Å²) in [7, 11) is 0. The Morgan fingerprint density at radius 3 is 2.89 bits per heavy atom. The lowest BCUT2D eigenvalue weighted by atomic mass is 9.82. The van der Waals surface area contributed by atoms with E-state index in [0.717, 1.165) is 19.3 Å². The standard InChI is InChI=1S/C16H23NO2/c1-16(2,10-11-18)17-15(19)14-9-5-7-12-6-3-4-8-13(12)14/h3-4,6,8,14,18H,5,7,9-11H2,1-2H3,(H,17,19). The number of aryl methyl sites for hydroxylation is 1. The lowest BCUT2D eigenvalue weighted by Gasteiger charge is -2.30. The van der Waals surface area contributed by atoms with Crippen molar-refractivity contribution in [1.29, 1.82) is 0 Å². The van der Waals surface area contributed by atoms with E-state index in [9.17, 15) is 4.79 Å². The van der Waals surface area contributed by atoms with Gasteiger partial charge in [-0.05, 0) is 50.7 Å². The maximum absolute atomic E-state index is 12.5. The summed E-state index contributed by atoms with van der Waals surface area (Å²) in [6, 6.07) is 8.23. The molecule has 1 aliphatic rings. The van der Waals surface area contributed by atoms with E-state index in [0.29, 0.717) is 6.42 Å². The van der Waals surface area contributed by atoms with Gasteiger partial charge in [0.2, 0.25) is 5.91 Å². The third-order valence-corrected chi connectivity index (χ3v) is 3.88. The van der Waals surface area contributed by atoms with Gasteiger partial charge < -0.3 is 10.4 Å². The van der Waals surface area contributed by atoms with Crippen molar-refractivity contribution in [3.8, 4) is 0 Å². The van der Waals surface area contributed by atoms with Crippen LogP contribution in [0.4, 0.5) is 0 Å². The van der Waals surface area contributed by atoms with Crippen LogP contribution in [0.25, 0.3) is 0 Å². The fraction of sp³-hybridized carbons (Fsp3) is 0.562. The maximum Gasteiger partial charge on any atom is 0.227 e. The minimum atomic E-state index is -0.349. The Kier molecular flexibility index (Phi) is 4.25. The van der Waals surface area contributed by atoms with Crippen LogP contribution in [-0.2, 0) is 11.2 Å². The molecule has 0 spiro atoms. The lowest BCUT2D eigenvalue weighted by Crippen LogP contribution is -2.46. The molecule has 0 aromatic heterocycles. The molecule has 3 heteroatoms. The fourth-order valence-electron chi connectivity index (χ4n) is 2.79. The van der Waals surface area contributed by atoms with Crippen molar-refractivity contribution in [3.63, 3.8) is 0 Å². The van der Waals surface area contributed by atoms with Crippen LogP contribution in [0, 0.1) is 0 Å². The summed E-state index contributed by atoms with van der Waals surface area (Å²) in [5.41, 5.74) is 2.12. The molecule has 1 aromatic rings. The number of carbonyl (C=O) groups is 1. The normalized spacial score (nSPS) is 18.8. The SMILES string of the molecule is CC(C)(CCO)NC(=O)C1CCCc2ccccc21. The Balaban J connectivity index is 2.13. The Bertz CT molecular complexity index is 454. The molecule has 0 bridgehead atoms. The number of hydrogen-bond acceptors (Lipinski definition) is 2. The lowest BCUT2D eigenvalue weighted by molar-refractivity contribution is -0.124. The summed E-state index contributed by atoms with van der Waals surface area (Å²) >= 11 is 0. The minimum Gasteiger partial charge on any atom is -0.396 e. The van der Waals surface area contributed by atoms with Gasteiger partial charge in [-0.2, -0.15) is 0 Å². The molecule has 0 aliphatic heterocycles. The molecule has 0 saturated carbocycles. The number of benzene rings is 1. The van der Waals surface area contributed by atoms with Gasteiger partial charge in [-0.15, -0.1) is 0 Å². The highest BCUT2D eigenvalue weighted by atomic mass is 16.3. The Labute approximate surface area is 115 Å². The first kappa shape index (κ1) is 14.1. The summed E-state index contributed by atoms with van der Waals surface area (Å²) in [6.45, 7) is 4.00. The number of fused-ring (bicyclic) bond motifs is 1. The maximum atomic E-state index is 12.5. The van der Waals surface area contributed by atoms with E-state index in [1.165, 1.54) is 11.1 Å². The smallest absolute Gasteiger partial charge is 0.227 e. The summed E-state index contributed by atoms with van der Waals surface area (Å²) < 4.78 is 0. The molecule has 1 unspecified atom stereocenters. The van der Waals surface area contributed by atoms with Crippen molar-refractivity contribution in [3.05, 3.63) is 35.4 Å². The first-order chi connectivity index (χ1) is 9.03. The highest BCUT2D eigenvalue weighted by Crippen LogP contribution is 2.32. The van der Waals surface area contributed by atoms with Gasteiger partial charge in [0.15, 0.2) is 0 Å². The Morgan fingerprint density at radius 2 is 2.16 bits per heavy atom.